The van der Waals surface area contributed by atoms with Crippen molar-refractivity contribution in [1.82, 2.24) is 14.8 Å². The topological polar surface area (TPSA) is 73.7 Å². The number of carboxylic acid groups (broad SMARTS) is 1. The molecule has 0 saturated carbocycles. The summed E-state index contributed by atoms with van der Waals surface area (Å²) < 4.78 is 0. The van der Waals surface area contributed by atoms with Crippen molar-refractivity contribution in [1.29, 1.82) is 0 Å². The first-order chi connectivity index (χ1) is 7.68. The second-order valence-corrected chi connectivity index (χ2v) is 4.29. The minimum absolute atomic E-state index is 0.111. The summed E-state index contributed by atoms with van der Waals surface area (Å²) in [7, 11) is 0. The lowest BCUT2D eigenvalue weighted by atomic mass is 10.3. The van der Waals surface area contributed by atoms with E-state index < -0.39 is 6.09 Å². The monoisotopic (exact) mass is 241 g/mol. The van der Waals surface area contributed by atoms with Crippen molar-refractivity contribution >= 4 is 23.3 Å². The molecule has 1 aliphatic heterocycles. The Morgan fingerprint density at radius 3 is 2.38 bits per heavy atom. The molecule has 2 amide bonds. The highest BCUT2D eigenvalue weighted by atomic mass is 32.1. The third kappa shape index (κ3) is 2.13. The van der Waals surface area contributed by atoms with E-state index in [1.54, 1.807) is 16.5 Å². The molecule has 1 aromatic rings. The molecular weight excluding hydrogens is 230 g/mol. The molecule has 86 valence electrons. The number of hydrogen-bond acceptors (Lipinski definition) is 4. The smallest absolute Gasteiger partial charge is 0.407 e. The molecule has 0 aromatic carbocycles. The first-order valence-electron chi connectivity index (χ1n) is 4.85. The summed E-state index contributed by atoms with van der Waals surface area (Å²) in [5.41, 5.74) is 0. The summed E-state index contributed by atoms with van der Waals surface area (Å²) >= 11 is 1.30. The zero-order chi connectivity index (χ0) is 11.5. The van der Waals surface area contributed by atoms with E-state index in [2.05, 4.69) is 4.98 Å². The average molecular weight is 241 g/mol. The number of nitrogens with zero attached hydrogens (tertiary/aromatic N) is 3. The van der Waals surface area contributed by atoms with E-state index >= 15 is 0 Å². The van der Waals surface area contributed by atoms with Gasteiger partial charge < -0.3 is 14.9 Å². The van der Waals surface area contributed by atoms with Crippen LogP contribution >= 0.6 is 11.3 Å². The van der Waals surface area contributed by atoms with Crippen LogP contribution in [0.2, 0.25) is 0 Å². The number of thiazole rings is 1. The molecule has 1 saturated heterocycles. The van der Waals surface area contributed by atoms with E-state index in [1.165, 1.54) is 16.2 Å². The van der Waals surface area contributed by atoms with Crippen LogP contribution in [0.5, 0.6) is 0 Å². The maximum absolute atomic E-state index is 11.8. The van der Waals surface area contributed by atoms with E-state index in [0.717, 1.165) is 0 Å². The van der Waals surface area contributed by atoms with E-state index in [0.29, 0.717) is 31.2 Å². The molecule has 0 unspecified atom stereocenters. The number of rotatable bonds is 1. The molecule has 1 aliphatic rings. The van der Waals surface area contributed by atoms with Gasteiger partial charge in [0.2, 0.25) is 0 Å². The highest BCUT2D eigenvalue weighted by Gasteiger charge is 2.25. The number of piperazine rings is 1. The summed E-state index contributed by atoms with van der Waals surface area (Å²) in [4.78, 5) is 29.4. The van der Waals surface area contributed by atoms with Gasteiger partial charge in [-0.3, -0.25) is 4.79 Å². The highest BCUT2D eigenvalue weighted by Crippen LogP contribution is 2.10. The van der Waals surface area contributed by atoms with Gasteiger partial charge in [0.25, 0.3) is 5.91 Å². The van der Waals surface area contributed by atoms with Crippen molar-refractivity contribution in [2.75, 3.05) is 26.2 Å². The van der Waals surface area contributed by atoms with Gasteiger partial charge >= 0.3 is 6.09 Å². The molecule has 1 fully saturated rings. The Kier molecular flexibility index (Phi) is 3.04. The first kappa shape index (κ1) is 10.9. The lowest BCUT2D eigenvalue weighted by molar-refractivity contribution is 0.0624. The van der Waals surface area contributed by atoms with Crippen LogP contribution in [-0.2, 0) is 0 Å². The molecule has 1 N–H and O–H groups in total. The summed E-state index contributed by atoms with van der Waals surface area (Å²) in [5, 5.41) is 11.0. The Morgan fingerprint density at radius 2 is 1.88 bits per heavy atom. The van der Waals surface area contributed by atoms with Crippen LogP contribution in [0, 0.1) is 0 Å². The van der Waals surface area contributed by atoms with Crippen LogP contribution in [0.15, 0.2) is 11.6 Å². The SMILES string of the molecule is O=C(O)N1CCN(C(=O)c2nccs2)CC1. The van der Waals surface area contributed by atoms with E-state index in [1.807, 2.05) is 0 Å². The molecule has 2 rings (SSSR count). The largest absolute Gasteiger partial charge is 0.465 e. The van der Waals surface area contributed by atoms with E-state index in [9.17, 15) is 9.59 Å². The fraction of sp³-hybridized carbons (Fsp3) is 0.444. The molecular formula is C9H11N3O3S. The summed E-state index contributed by atoms with van der Waals surface area (Å²) in [6, 6.07) is 0. The zero-order valence-electron chi connectivity index (χ0n) is 8.50. The Morgan fingerprint density at radius 1 is 1.25 bits per heavy atom. The molecule has 0 spiro atoms. The van der Waals surface area contributed by atoms with Crippen LogP contribution in [0.4, 0.5) is 4.79 Å². The van der Waals surface area contributed by atoms with Crippen LogP contribution < -0.4 is 0 Å². The summed E-state index contributed by atoms with van der Waals surface area (Å²) in [5.74, 6) is -0.111. The predicted molar refractivity (Wildman–Crippen MR) is 57.6 cm³/mol. The quantitative estimate of drug-likeness (QED) is 0.780. The minimum atomic E-state index is -0.929. The van der Waals surface area contributed by atoms with Gasteiger partial charge in [0.1, 0.15) is 0 Å². The van der Waals surface area contributed by atoms with Crippen LogP contribution in [-0.4, -0.2) is 58.1 Å². The molecule has 1 aromatic heterocycles. The standard InChI is InChI=1S/C9H11N3O3S/c13-8(7-10-1-6-16-7)11-2-4-12(5-3-11)9(14)15/h1,6H,2-5H2,(H,14,15). The fourth-order valence-electron chi connectivity index (χ4n) is 1.57. The van der Waals surface area contributed by atoms with Crippen molar-refractivity contribution in [2.45, 2.75) is 0 Å². The van der Waals surface area contributed by atoms with Crippen molar-refractivity contribution in [3.63, 3.8) is 0 Å². The molecule has 7 heteroatoms. The maximum Gasteiger partial charge on any atom is 0.407 e. The lowest BCUT2D eigenvalue weighted by Gasteiger charge is -2.32. The van der Waals surface area contributed by atoms with Crippen molar-refractivity contribution < 1.29 is 14.7 Å². The van der Waals surface area contributed by atoms with Gasteiger partial charge in [0, 0.05) is 37.8 Å². The van der Waals surface area contributed by atoms with Crippen molar-refractivity contribution in [3.05, 3.63) is 16.6 Å². The van der Waals surface area contributed by atoms with Crippen molar-refractivity contribution in [2.24, 2.45) is 0 Å². The number of hydrogen-bond donors (Lipinski definition) is 1. The number of amides is 2. The molecule has 6 nitrogen and oxygen atoms in total. The Hall–Kier alpha value is -1.63. The van der Waals surface area contributed by atoms with Gasteiger partial charge in [-0.15, -0.1) is 11.3 Å². The lowest BCUT2D eigenvalue weighted by Crippen LogP contribution is -2.50. The number of carbonyl (C=O) groups is 2. The second kappa shape index (κ2) is 4.48. The third-order valence-corrected chi connectivity index (χ3v) is 3.21. The fourth-order valence-corrected chi connectivity index (χ4v) is 2.17. The normalized spacial score (nSPS) is 16.2. The van der Waals surface area contributed by atoms with E-state index in [-0.39, 0.29) is 5.91 Å². The molecule has 0 atom stereocenters. The molecule has 0 radical (unpaired) electrons. The zero-order valence-corrected chi connectivity index (χ0v) is 9.31. The minimum Gasteiger partial charge on any atom is -0.465 e. The first-order valence-corrected chi connectivity index (χ1v) is 5.73. The second-order valence-electron chi connectivity index (χ2n) is 3.40. The third-order valence-electron chi connectivity index (χ3n) is 2.45. The van der Waals surface area contributed by atoms with Gasteiger partial charge in [-0.25, -0.2) is 9.78 Å². The Balaban J connectivity index is 1.94. The average Bonchev–Trinajstić information content (AvgIpc) is 2.81. The number of carbonyl (C=O) groups excluding carboxylic acids is 1. The van der Waals surface area contributed by atoms with Crippen LogP contribution in [0.25, 0.3) is 0 Å². The molecule has 0 bridgehead atoms. The van der Waals surface area contributed by atoms with Crippen molar-refractivity contribution in [3.8, 4) is 0 Å². The summed E-state index contributed by atoms with van der Waals surface area (Å²) in [6.45, 7) is 1.61. The summed E-state index contributed by atoms with van der Waals surface area (Å²) in [6.07, 6.45) is 0.659. The molecule has 16 heavy (non-hydrogen) atoms. The van der Waals surface area contributed by atoms with Crippen LogP contribution in [0.3, 0.4) is 0 Å². The Labute approximate surface area is 96.1 Å². The van der Waals surface area contributed by atoms with E-state index in [4.69, 9.17) is 5.11 Å². The number of aromatic nitrogens is 1. The molecule has 0 aliphatic carbocycles. The van der Waals surface area contributed by atoms with Crippen LogP contribution in [0.1, 0.15) is 9.80 Å². The van der Waals surface area contributed by atoms with Gasteiger partial charge in [-0.1, -0.05) is 0 Å². The van der Waals surface area contributed by atoms with Gasteiger partial charge in [0.15, 0.2) is 5.01 Å². The maximum atomic E-state index is 11.8. The molecule has 2 heterocycles. The van der Waals surface area contributed by atoms with Gasteiger partial charge in [0.05, 0.1) is 0 Å². The predicted octanol–water partition coefficient (Wildman–Crippen LogP) is 0.579. The highest BCUT2D eigenvalue weighted by molar-refractivity contribution is 7.11. The van der Waals surface area contributed by atoms with Gasteiger partial charge in [-0.2, -0.15) is 0 Å². The van der Waals surface area contributed by atoms with Gasteiger partial charge in [-0.05, 0) is 0 Å². The Bertz CT molecular complexity index is 385.